The molecule has 0 saturated heterocycles. The predicted octanol–water partition coefficient (Wildman–Crippen LogP) is 4.32. The average Bonchev–Trinajstić information content (AvgIpc) is 2.36. The van der Waals surface area contributed by atoms with Gasteiger partial charge in [-0.1, -0.05) is 25.9 Å². The molecule has 0 aromatic heterocycles. The largest absolute Gasteiger partial charge is 0.391 e. The van der Waals surface area contributed by atoms with Crippen molar-refractivity contribution in [1.82, 2.24) is 0 Å². The molecule has 112 valence electrons. The van der Waals surface area contributed by atoms with Gasteiger partial charge >= 0.3 is 0 Å². The summed E-state index contributed by atoms with van der Waals surface area (Å²) in [6.07, 6.45) is 0. The molecule has 0 saturated carbocycles. The van der Waals surface area contributed by atoms with Crippen molar-refractivity contribution < 1.29 is 26.8 Å². The van der Waals surface area contributed by atoms with Gasteiger partial charge in [0, 0.05) is 5.41 Å². The zero-order valence-corrected chi connectivity index (χ0v) is 11.5. The summed E-state index contributed by atoms with van der Waals surface area (Å²) in [7, 11) is 0. The Morgan fingerprint density at radius 2 is 1.30 bits per heavy atom. The fourth-order valence-corrected chi connectivity index (χ4v) is 1.11. The minimum absolute atomic E-state index is 0.337. The maximum Gasteiger partial charge on any atom is 0.200 e. The van der Waals surface area contributed by atoms with Gasteiger partial charge in [0.25, 0.3) is 0 Å². The highest BCUT2D eigenvalue weighted by Gasteiger charge is 2.26. The van der Waals surface area contributed by atoms with E-state index in [1.807, 2.05) is 20.8 Å². The van der Waals surface area contributed by atoms with E-state index in [1.54, 1.807) is 6.92 Å². The third-order valence-electron chi connectivity index (χ3n) is 2.80. The number of rotatable bonds is 3. The maximum atomic E-state index is 13.3. The molecule has 0 heterocycles. The topological polar surface area (TPSA) is 21.6 Å². The molecule has 0 bridgehead atoms. The molecule has 0 aliphatic heterocycles. The summed E-state index contributed by atoms with van der Waals surface area (Å²) in [5.74, 6) is -10.0. The van der Waals surface area contributed by atoms with Crippen LogP contribution in [0.5, 0.6) is 0 Å². The van der Waals surface area contributed by atoms with Crippen LogP contribution in [0.15, 0.2) is 5.16 Å². The monoisotopic (exact) mass is 295 g/mol. The van der Waals surface area contributed by atoms with Crippen LogP contribution in [0.2, 0.25) is 0 Å². The quantitative estimate of drug-likeness (QED) is 0.267. The molecule has 0 aliphatic carbocycles. The van der Waals surface area contributed by atoms with E-state index < -0.39 is 41.3 Å². The molecule has 1 rings (SSSR count). The van der Waals surface area contributed by atoms with Gasteiger partial charge in [0.1, 0.15) is 6.61 Å². The summed E-state index contributed by atoms with van der Waals surface area (Å²) in [6, 6.07) is 0. The number of nitrogens with zero attached hydrogens (tertiary/aromatic N) is 1. The van der Waals surface area contributed by atoms with Gasteiger partial charge in [-0.2, -0.15) is 0 Å². The van der Waals surface area contributed by atoms with Gasteiger partial charge < -0.3 is 4.84 Å². The highest BCUT2D eigenvalue weighted by atomic mass is 19.2. The highest BCUT2D eigenvalue weighted by Crippen LogP contribution is 2.24. The lowest BCUT2D eigenvalue weighted by Crippen LogP contribution is -2.17. The van der Waals surface area contributed by atoms with Gasteiger partial charge in [-0.15, -0.1) is 0 Å². The number of benzene rings is 1. The summed E-state index contributed by atoms with van der Waals surface area (Å²) >= 11 is 0. The van der Waals surface area contributed by atoms with Crippen molar-refractivity contribution in [2.45, 2.75) is 34.3 Å². The molecule has 1 aromatic rings. The summed E-state index contributed by atoms with van der Waals surface area (Å²) in [5.41, 5.74) is -0.871. The molecular formula is C13H14F5NO. The van der Waals surface area contributed by atoms with E-state index in [2.05, 4.69) is 9.99 Å². The second-order valence-corrected chi connectivity index (χ2v) is 5.25. The van der Waals surface area contributed by atoms with E-state index in [4.69, 9.17) is 0 Å². The molecule has 0 atom stereocenters. The Balaban J connectivity index is 3.01. The molecular weight excluding hydrogens is 281 g/mol. The first-order valence-electron chi connectivity index (χ1n) is 5.74. The molecule has 0 amide bonds. The van der Waals surface area contributed by atoms with Crippen molar-refractivity contribution >= 4 is 5.71 Å². The number of oxime groups is 1. The van der Waals surface area contributed by atoms with E-state index in [1.165, 1.54) is 0 Å². The number of hydrogen-bond acceptors (Lipinski definition) is 2. The fourth-order valence-electron chi connectivity index (χ4n) is 1.11. The minimum atomic E-state index is -2.20. The van der Waals surface area contributed by atoms with Crippen LogP contribution >= 0.6 is 0 Å². The van der Waals surface area contributed by atoms with E-state index in [9.17, 15) is 22.0 Å². The molecule has 1 aromatic carbocycles. The van der Waals surface area contributed by atoms with E-state index >= 15 is 0 Å². The van der Waals surface area contributed by atoms with Crippen LogP contribution in [-0.2, 0) is 11.4 Å². The Morgan fingerprint density at radius 3 is 1.70 bits per heavy atom. The third-order valence-corrected chi connectivity index (χ3v) is 2.80. The first kappa shape index (κ1) is 16.4. The molecule has 2 nitrogen and oxygen atoms in total. The van der Waals surface area contributed by atoms with Gasteiger partial charge in [0.2, 0.25) is 5.82 Å². The van der Waals surface area contributed by atoms with Crippen molar-refractivity contribution in [1.29, 1.82) is 0 Å². The van der Waals surface area contributed by atoms with E-state index in [0.717, 1.165) is 0 Å². The fraction of sp³-hybridized carbons (Fsp3) is 0.462. The second-order valence-electron chi connectivity index (χ2n) is 5.25. The molecule has 7 heteroatoms. The van der Waals surface area contributed by atoms with Crippen LogP contribution in [-0.4, -0.2) is 5.71 Å². The van der Waals surface area contributed by atoms with E-state index in [0.29, 0.717) is 5.71 Å². The number of halogens is 5. The summed E-state index contributed by atoms with van der Waals surface area (Å²) in [6.45, 7) is 6.26. The predicted molar refractivity (Wildman–Crippen MR) is 63.6 cm³/mol. The molecule has 0 spiro atoms. The molecule has 0 radical (unpaired) electrons. The Morgan fingerprint density at radius 1 is 0.900 bits per heavy atom. The average molecular weight is 295 g/mol. The first-order chi connectivity index (χ1) is 9.07. The second kappa shape index (κ2) is 5.76. The van der Waals surface area contributed by atoms with Crippen LogP contribution in [0.3, 0.4) is 0 Å². The molecule has 0 fully saturated rings. The van der Waals surface area contributed by atoms with Crippen molar-refractivity contribution in [3.63, 3.8) is 0 Å². The lowest BCUT2D eigenvalue weighted by Gasteiger charge is -2.17. The smallest absolute Gasteiger partial charge is 0.200 e. The lowest BCUT2D eigenvalue weighted by molar-refractivity contribution is 0.120. The van der Waals surface area contributed by atoms with Gasteiger partial charge in [-0.05, 0) is 6.92 Å². The van der Waals surface area contributed by atoms with Crippen molar-refractivity contribution in [2.24, 2.45) is 10.6 Å². The third kappa shape index (κ3) is 3.26. The number of hydrogen-bond donors (Lipinski definition) is 0. The lowest BCUT2D eigenvalue weighted by atomic mass is 9.91. The van der Waals surface area contributed by atoms with Crippen molar-refractivity contribution in [3.05, 3.63) is 34.6 Å². The van der Waals surface area contributed by atoms with Crippen LogP contribution in [0, 0.1) is 34.5 Å². The normalized spacial score (nSPS) is 12.8. The Labute approximate surface area is 113 Å². The maximum absolute atomic E-state index is 13.3. The minimum Gasteiger partial charge on any atom is -0.391 e. The zero-order chi connectivity index (χ0) is 15.7. The van der Waals surface area contributed by atoms with Gasteiger partial charge in [0.15, 0.2) is 23.3 Å². The van der Waals surface area contributed by atoms with Gasteiger partial charge in [-0.25, -0.2) is 22.0 Å². The van der Waals surface area contributed by atoms with Crippen LogP contribution in [0.4, 0.5) is 22.0 Å². The van der Waals surface area contributed by atoms with E-state index in [-0.39, 0.29) is 5.41 Å². The van der Waals surface area contributed by atoms with Crippen LogP contribution in [0.25, 0.3) is 0 Å². The van der Waals surface area contributed by atoms with Crippen LogP contribution in [0.1, 0.15) is 33.3 Å². The molecule has 0 aliphatic rings. The SMILES string of the molecule is C/C(=N/OCc1c(F)c(F)c(F)c(F)c1F)C(C)(C)C. The standard InChI is InChI=1S/C13H14F5NO/c1-6(13(2,3)4)19-20-5-7-8(14)10(16)12(18)11(17)9(7)15/h5H2,1-4H3/b19-6-. The Bertz CT molecular complexity index is 520. The molecule has 0 unspecified atom stereocenters. The van der Waals surface area contributed by atoms with Gasteiger partial charge in [0.05, 0.1) is 11.3 Å². The highest BCUT2D eigenvalue weighted by molar-refractivity contribution is 5.86. The van der Waals surface area contributed by atoms with Crippen molar-refractivity contribution in [2.75, 3.05) is 0 Å². The Hall–Kier alpha value is -1.66. The zero-order valence-electron chi connectivity index (χ0n) is 11.5. The molecule has 20 heavy (non-hydrogen) atoms. The first-order valence-corrected chi connectivity index (χ1v) is 5.74. The van der Waals surface area contributed by atoms with Gasteiger partial charge in [-0.3, -0.25) is 0 Å². The summed E-state index contributed by atoms with van der Waals surface area (Å²) in [4.78, 5) is 4.67. The summed E-state index contributed by atoms with van der Waals surface area (Å²) in [5, 5.41) is 3.60. The molecule has 0 N–H and O–H groups in total. The van der Waals surface area contributed by atoms with Crippen LogP contribution < -0.4 is 0 Å². The summed E-state index contributed by atoms with van der Waals surface area (Å²) < 4.78 is 65.3. The van der Waals surface area contributed by atoms with Crippen molar-refractivity contribution in [3.8, 4) is 0 Å². The Kier molecular flexibility index (Phi) is 4.73.